The first-order valence-electron chi connectivity index (χ1n) is 10.4. The van der Waals surface area contributed by atoms with Gasteiger partial charge >= 0.3 is 0 Å². The Morgan fingerprint density at radius 3 is 2.26 bits per heavy atom. The van der Waals surface area contributed by atoms with Crippen molar-refractivity contribution < 1.29 is 21.6 Å². The SMILES string of the molecule is O=C(Nc1ccc(S(=O)(=O)Nc2cccc(Cl)c2)cc1)C1CCN(S(=O)(=O)c2cccs2)CC1. The molecule has 0 unspecified atom stereocenters. The molecule has 0 spiro atoms. The maximum atomic E-state index is 12.7. The van der Waals surface area contributed by atoms with Gasteiger partial charge in [0.25, 0.3) is 20.0 Å². The summed E-state index contributed by atoms with van der Waals surface area (Å²) < 4.78 is 54.6. The molecule has 12 heteroatoms. The second-order valence-electron chi connectivity index (χ2n) is 7.74. The van der Waals surface area contributed by atoms with Crippen molar-refractivity contribution in [3.05, 3.63) is 71.1 Å². The molecule has 180 valence electrons. The second-order valence-corrected chi connectivity index (χ2v) is 13.0. The van der Waals surface area contributed by atoms with Crippen LogP contribution in [0.3, 0.4) is 0 Å². The quantitative estimate of drug-likeness (QED) is 0.466. The molecule has 2 aromatic carbocycles. The molecule has 0 bridgehead atoms. The van der Waals surface area contributed by atoms with Crippen LogP contribution in [0.1, 0.15) is 12.8 Å². The minimum atomic E-state index is -3.82. The zero-order valence-electron chi connectivity index (χ0n) is 17.8. The average Bonchev–Trinajstić information content (AvgIpc) is 3.35. The summed E-state index contributed by atoms with van der Waals surface area (Å²) in [6.45, 7) is 0.537. The van der Waals surface area contributed by atoms with Crippen molar-refractivity contribution in [1.29, 1.82) is 0 Å². The van der Waals surface area contributed by atoms with Gasteiger partial charge in [-0.25, -0.2) is 16.8 Å². The zero-order valence-corrected chi connectivity index (χ0v) is 21.1. The molecule has 3 aromatic rings. The molecule has 1 saturated heterocycles. The number of hydrogen-bond donors (Lipinski definition) is 2. The van der Waals surface area contributed by atoms with E-state index in [-0.39, 0.29) is 29.8 Å². The highest BCUT2D eigenvalue weighted by Gasteiger charge is 2.32. The van der Waals surface area contributed by atoms with Crippen molar-refractivity contribution in [3.8, 4) is 0 Å². The summed E-state index contributed by atoms with van der Waals surface area (Å²) in [5.41, 5.74) is 0.803. The summed E-state index contributed by atoms with van der Waals surface area (Å²) in [4.78, 5) is 12.7. The average molecular weight is 540 g/mol. The number of hydrogen-bond acceptors (Lipinski definition) is 6. The number of carbonyl (C=O) groups is 1. The molecule has 8 nitrogen and oxygen atoms in total. The van der Waals surface area contributed by atoms with Crippen molar-refractivity contribution in [1.82, 2.24) is 4.31 Å². The summed E-state index contributed by atoms with van der Waals surface area (Å²) in [5.74, 6) is -0.552. The molecular formula is C22H22ClN3O5S3. The number of thiophene rings is 1. The van der Waals surface area contributed by atoms with Gasteiger partial charge in [-0.2, -0.15) is 4.31 Å². The zero-order chi connectivity index (χ0) is 24.3. The minimum Gasteiger partial charge on any atom is -0.326 e. The molecule has 0 atom stereocenters. The molecule has 0 saturated carbocycles. The Kier molecular flexibility index (Phi) is 7.29. The van der Waals surface area contributed by atoms with E-state index in [0.29, 0.717) is 33.4 Å². The minimum absolute atomic E-state index is 0.0394. The molecule has 1 fully saturated rings. The van der Waals surface area contributed by atoms with Crippen molar-refractivity contribution in [2.45, 2.75) is 21.9 Å². The van der Waals surface area contributed by atoms with Crippen LogP contribution in [0.5, 0.6) is 0 Å². The van der Waals surface area contributed by atoms with Gasteiger partial charge < -0.3 is 5.32 Å². The highest BCUT2D eigenvalue weighted by atomic mass is 35.5. The fourth-order valence-corrected chi connectivity index (χ4v) is 7.48. The lowest BCUT2D eigenvalue weighted by atomic mass is 9.97. The number of benzene rings is 2. The van der Waals surface area contributed by atoms with E-state index in [1.54, 1.807) is 35.7 Å². The Hall–Kier alpha value is -2.44. The van der Waals surface area contributed by atoms with Gasteiger partial charge in [-0.05, 0) is 66.8 Å². The van der Waals surface area contributed by atoms with Crippen LogP contribution in [0.2, 0.25) is 5.02 Å². The van der Waals surface area contributed by atoms with Gasteiger partial charge in [-0.3, -0.25) is 9.52 Å². The van der Waals surface area contributed by atoms with E-state index in [1.165, 1.54) is 46.0 Å². The third-order valence-corrected chi connectivity index (χ3v) is 10.3. The number of carbonyl (C=O) groups excluding carboxylic acids is 1. The maximum absolute atomic E-state index is 12.7. The molecular weight excluding hydrogens is 518 g/mol. The molecule has 1 aliphatic rings. The van der Waals surface area contributed by atoms with Crippen LogP contribution in [-0.4, -0.2) is 40.1 Å². The highest BCUT2D eigenvalue weighted by molar-refractivity contribution is 7.92. The summed E-state index contributed by atoms with van der Waals surface area (Å²) >= 11 is 7.07. The van der Waals surface area contributed by atoms with E-state index >= 15 is 0 Å². The Balaban J connectivity index is 1.34. The standard InChI is InChI=1S/C22H22ClN3O5S3/c23-17-3-1-4-19(15-17)25-33(28,29)20-8-6-18(7-9-20)24-22(27)16-10-12-26(13-11-16)34(30,31)21-5-2-14-32-21/h1-9,14-16,25H,10-13H2,(H,24,27). The predicted octanol–water partition coefficient (Wildman–Crippen LogP) is 4.24. The molecule has 2 N–H and O–H groups in total. The van der Waals surface area contributed by atoms with Gasteiger partial charge in [0.05, 0.1) is 10.6 Å². The van der Waals surface area contributed by atoms with Gasteiger partial charge in [-0.1, -0.05) is 23.7 Å². The summed E-state index contributed by atoms with van der Waals surface area (Å²) in [6, 6.07) is 15.5. The molecule has 2 heterocycles. The third kappa shape index (κ3) is 5.61. The van der Waals surface area contributed by atoms with Crippen molar-refractivity contribution >= 4 is 60.3 Å². The lowest BCUT2D eigenvalue weighted by molar-refractivity contribution is -0.120. The van der Waals surface area contributed by atoms with E-state index in [0.717, 1.165) is 0 Å². The van der Waals surface area contributed by atoms with Gasteiger partial charge in [0.2, 0.25) is 5.91 Å². The Morgan fingerprint density at radius 2 is 1.65 bits per heavy atom. The fourth-order valence-electron chi connectivity index (χ4n) is 3.62. The summed E-state index contributed by atoms with van der Waals surface area (Å²) in [5, 5.41) is 4.92. The van der Waals surface area contributed by atoms with Crippen LogP contribution in [-0.2, 0) is 24.8 Å². The fraction of sp³-hybridized carbons (Fsp3) is 0.227. The largest absolute Gasteiger partial charge is 0.326 e. The molecule has 1 aliphatic heterocycles. The first-order valence-corrected chi connectivity index (χ1v) is 14.6. The number of rotatable bonds is 7. The molecule has 0 aliphatic carbocycles. The lowest BCUT2D eigenvalue weighted by Crippen LogP contribution is -2.41. The maximum Gasteiger partial charge on any atom is 0.261 e. The Morgan fingerprint density at radius 1 is 0.941 bits per heavy atom. The Labute approximate surface area is 207 Å². The molecule has 1 aromatic heterocycles. The van der Waals surface area contributed by atoms with Crippen molar-refractivity contribution in [2.75, 3.05) is 23.1 Å². The molecule has 34 heavy (non-hydrogen) atoms. The van der Waals surface area contributed by atoms with Gasteiger partial charge in [0.1, 0.15) is 4.21 Å². The van der Waals surface area contributed by atoms with E-state index in [2.05, 4.69) is 10.0 Å². The number of nitrogens with zero attached hydrogens (tertiary/aromatic N) is 1. The Bertz CT molecular complexity index is 1370. The van der Waals surface area contributed by atoms with Crippen molar-refractivity contribution in [3.63, 3.8) is 0 Å². The normalized spacial score (nSPS) is 15.7. The summed E-state index contributed by atoms with van der Waals surface area (Å²) in [6.07, 6.45) is 0.818. The number of piperidine rings is 1. The molecule has 1 amide bonds. The van der Waals surface area contributed by atoms with Crippen LogP contribution in [0.4, 0.5) is 11.4 Å². The van der Waals surface area contributed by atoms with E-state index < -0.39 is 20.0 Å². The van der Waals surface area contributed by atoms with Crippen LogP contribution in [0, 0.1) is 5.92 Å². The van der Waals surface area contributed by atoms with Gasteiger partial charge in [0, 0.05) is 29.7 Å². The third-order valence-electron chi connectivity index (χ3n) is 5.42. The topological polar surface area (TPSA) is 113 Å². The second kappa shape index (κ2) is 10.0. The van der Waals surface area contributed by atoms with Gasteiger partial charge in [-0.15, -0.1) is 11.3 Å². The van der Waals surface area contributed by atoms with Crippen LogP contribution in [0.25, 0.3) is 0 Å². The summed E-state index contributed by atoms with van der Waals surface area (Å²) in [7, 11) is -7.34. The van der Waals surface area contributed by atoms with Gasteiger partial charge in [0.15, 0.2) is 0 Å². The number of halogens is 1. The number of sulfonamides is 2. The smallest absolute Gasteiger partial charge is 0.261 e. The number of anilines is 2. The van der Waals surface area contributed by atoms with E-state index in [9.17, 15) is 21.6 Å². The highest BCUT2D eigenvalue weighted by Crippen LogP contribution is 2.27. The van der Waals surface area contributed by atoms with Crippen LogP contribution >= 0.6 is 22.9 Å². The lowest BCUT2D eigenvalue weighted by Gasteiger charge is -2.30. The molecule has 0 radical (unpaired) electrons. The van der Waals surface area contributed by atoms with Crippen LogP contribution < -0.4 is 10.0 Å². The number of amides is 1. The number of nitrogens with one attached hydrogen (secondary N) is 2. The van der Waals surface area contributed by atoms with E-state index in [1.807, 2.05) is 0 Å². The van der Waals surface area contributed by atoms with Crippen LogP contribution in [0.15, 0.2) is 75.1 Å². The first-order chi connectivity index (χ1) is 16.1. The molecule has 4 rings (SSSR count). The predicted molar refractivity (Wildman–Crippen MR) is 133 cm³/mol. The first kappa shape index (κ1) is 24.7. The monoisotopic (exact) mass is 539 g/mol. The van der Waals surface area contributed by atoms with E-state index in [4.69, 9.17) is 11.6 Å². The van der Waals surface area contributed by atoms with Crippen molar-refractivity contribution in [2.24, 2.45) is 5.92 Å².